The van der Waals surface area contributed by atoms with Crippen LogP contribution in [0.25, 0.3) is 0 Å². The molecule has 2 amide bonds. The quantitative estimate of drug-likeness (QED) is 0.482. The fourth-order valence-corrected chi connectivity index (χ4v) is 3.60. The molecule has 1 N–H and O–H groups in total. The number of hydrogen-bond acceptors (Lipinski definition) is 3. The summed E-state index contributed by atoms with van der Waals surface area (Å²) in [6.45, 7) is 5.53. The van der Waals surface area contributed by atoms with Gasteiger partial charge in [0.1, 0.15) is 11.8 Å². The van der Waals surface area contributed by atoms with Crippen LogP contribution in [0, 0.1) is 0 Å². The average Bonchev–Trinajstić information content (AvgIpc) is 2.71. The van der Waals surface area contributed by atoms with E-state index in [0.717, 1.165) is 16.5 Å². The van der Waals surface area contributed by atoms with Gasteiger partial charge in [-0.05, 0) is 50.1 Å². The van der Waals surface area contributed by atoms with Gasteiger partial charge in [0, 0.05) is 22.1 Å². The standard InChI is InChI=1S/C22H25BrCl2N2O3/c1-4-14(2)26-22(29)15(3)27(12-16-7-5-6-8-18(16)24)21(28)13-30-20-10-9-17(23)11-19(20)25/h5-11,14-15H,4,12-13H2,1-3H3,(H,26,29)/t14-,15-/m0/s1. The Morgan fingerprint density at radius 3 is 2.47 bits per heavy atom. The molecule has 30 heavy (non-hydrogen) atoms. The fourth-order valence-electron chi connectivity index (χ4n) is 2.67. The third-order valence-electron chi connectivity index (χ3n) is 4.71. The Labute approximate surface area is 195 Å². The molecule has 0 radical (unpaired) electrons. The lowest BCUT2D eigenvalue weighted by Gasteiger charge is -2.30. The third kappa shape index (κ3) is 6.89. The maximum Gasteiger partial charge on any atom is 0.261 e. The predicted molar refractivity (Wildman–Crippen MR) is 124 cm³/mol. The Morgan fingerprint density at radius 2 is 1.83 bits per heavy atom. The van der Waals surface area contributed by atoms with E-state index in [1.165, 1.54) is 4.90 Å². The molecular weight excluding hydrogens is 491 g/mol. The molecule has 0 unspecified atom stereocenters. The van der Waals surface area contributed by atoms with Crippen molar-refractivity contribution >= 4 is 50.9 Å². The Hall–Kier alpha value is -1.76. The summed E-state index contributed by atoms with van der Waals surface area (Å²) >= 11 is 15.8. The van der Waals surface area contributed by atoms with E-state index in [9.17, 15) is 9.59 Å². The average molecular weight is 516 g/mol. The van der Waals surface area contributed by atoms with Gasteiger partial charge in [-0.2, -0.15) is 0 Å². The predicted octanol–water partition coefficient (Wildman–Crippen LogP) is 5.47. The second kappa shape index (κ2) is 11.6. The van der Waals surface area contributed by atoms with Gasteiger partial charge in [-0.25, -0.2) is 0 Å². The fraction of sp³-hybridized carbons (Fsp3) is 0.364. The number of halogens is 3. The molecule has 0 aliphatic carbocycles. The van der Waals surface area contributed by atoms with Gasteiger partial charge < -0.3 is 15.0 Å². The highest BCUT2D eigenvalue weighted by Gasteiger charge is 2.27. The Morgan fingerprint density at radius 1 is 1.13 bits per heavy atom. The van der Waals surface area contributed by atoms with Crippen molar-refractivity contribution in [1.29, 1.82) is 0 Å². The van der Waals surface area contributed by atoms with Crippen LogP contribution in [0.15, 0.2) is 46.9 Å². The summed E-state index contributed by atoms with van der Waals surface area (Å²) < 4.78 is 6.43. The number of amides is 2. The first-order valence-corrected chi connectivity index (χ1v) is 11.2. The van der Waals surface area contributed by atoms with E-state index >= 15 is 0 Å². The highest BCUT2D eigenvalue weighted by Crippen LogP contribution is 2.28. The van der Waals surface area contributed by atoms with Gasteiger partial charge in [0.2, 0.25) is 5.91 Å². The molecule has 0 bridgehead atoms. The van der Waals surface area contributed by atoms with Crippen molar-refractivity contribution in [2.45, 2.75) is 45.8 Å². The topological polar surface area (TPSA) is 58.6 Å². The SMILES string of the molecule is CC[C@H](C)NC(=O)[C@H](C)N(Cc1ccccc1Cl)C(=O)COc1ccc(Br)cc1Cl. The molecule has 162 valence electrons. The van der Waals surface area contributed by atoms with Gasteiger partial charge in [-0.15, -0.1) is 0 Å². The molecule has 2 aromatic rings. The van der Waals surface area contributed by atoms with Crippen molar-refractivity contribution in [2.75, 3.05) is 6.61 Å². The Kier molecular flexibility index (Phi) is 9.46. The van der Waals surface area contributed by atoms with Crippen LogP contribution in [0.4, 0.5) is 0 Å². The van der Waals surface area contributed by atoms with Gasteiger partial charge in [0.05, 0.1) is 5.02 Å². The van der Waals surface area contributed by atoms with E-state index in [4.69, 9.17) is 27.9 Å². The number of hydrogen-bond donors (Lipinski definition) is 1. The summed E-state index contributed by atoms with van der Waals surface area (Å²) in [7, 11) is 0. The Bertz CT molecular complexity index is 894. The molecule has 2 rings (SSSR count). The molecule has 8 heteroatoms. The van der Waals surface area contributed by atoms with E-state index in [0.29, 0.717) is 15.8 Å². The zero-order chi connectivity index (χ0) is 22.3. The van der Waals surface area contributed by atoms with Crippen LogP contribution in [0.3, 0.4) is 0 Å². The molecule has 0 aliphatic rings. The maximum atomic E-state index is 13.0. The van der Waals surface area contributed by atoms with Gasteiger partial charge in [-0.3, -0.25) is 9.59 Å². The summed E-state index contributed by atoms with van der Waals surface area (Å²) in [4.78, 5) is 27.2. The lowest BCUT2D eigenvalue weighted by Crippen LogP contribution is -2.50. The minimum atomic E-state index is -0.702. The largest absolute Gasteiger partial charge is 0.482 e. The smallest absolute Gasteiger partial charge is 0.261 e. The van der Waals surface area contributed by atoms with Crippen molar-refractivity contribution in [3.05, 3.63) is 62.5 Å². The number of rotatable bonds is 9. The number of nitrogens with zero attached hydrogens (tertiary/aromatic N) is 1. The summed E-state index contributed by atoms with van der Waals surface area (Å²) in [6, 6.07) is 11.7. The summed E-state index contributed by atoms with van der Waals surface area (Å²) in [5, 5.41) is 3.84. The molecule has 0 aliphatic heterocycles. The van der Waals surface area contributed by atoms with Gasteiger partial charge in [0.25, 0.3) is 5.91 Å². The van der Waals surface area contributed by atoms with Crippen molar-refractivity contribution in [1.82, 2.24) is 10.2 Å². The van der Waals surface area contributed by atoms with Crippen LogP contribution in [-0.4, -0.2) is 35.4 Å². The number of benzene rings is 2. The number of carbonyl (C=O) groups excluding carboxylic acids is 2. The molecule has 0 fully saturated rings. The van der Waals surface area contributed by atoms with E-state index in [1.807, 2.05) is 32.0 Å². The highest BCUT2D eigenvalue weighted by molar-refractivity contribution is 9.10. The normalized spacial score (nSPS) is 12.7. The summed E-state index contributed by atoms with van der Waals surface area (Å²) in [6.07, 6.45) is 0.794. The van der Waals surface area contributed by atoms with Crippen LogP contribution in [-0.2, 0) is 16.1 Å². The van der Waals surface area contributed by atoms with E-state index < -0.39 is 6.04 Å². The summed E-state index contributed by atoms with van der Waals surface area (Å²) in [5.74, 6) is -0.185. The van der Waals surface area contributed by atoms with Crippen LogP contribution in [0.1, 0.15) is 32.8 Å². The van der Waals surface area contributed by atoms with Gasteiger partial charge in [-0.1, -0.05) is 64.3 Å². The second-order valence-corrected chi connectivity index (χ2v) is 8.70. The molecule has 0 saturated heterocycles. The van der Waals surface area contributed by atoms with E-state index in [-0.39, 0.29) is 31.0 Å². The van der Waals surface area contributed by atoms with E-state index in [1.54, 1.807) is 31.2 Å². The Balaban J connectivity index is 2.19. The van der Waals surface area contributed by atoms with Gasteiger partial charge in [0.15, 0.2) is 6.61 Å². The van der Waals surface area contributed by atoms with Crippen molar-refractivity contribution in [2.24, 2.45) is 0 Å². The highest BCUT2D eigenvalue weighted by atomic mass is 79.9. The lowest BCUT2D eigenvalue weighted by atomic mass is 10.1. The van der Waals surface area contributed by atoms with Crippen LogP contribution in [0.2, 0.25) is 10.0 Å². The van der Waals surface area contributed by atoms with Crippen LogP contribution >= 0.6 is 39.1 Å². The maximum absolute atomic E-state index is 13.0. The number of ether oxygens (including phenoxy) is 1. The molecule has 0 spiro atoms. The first-order valence-electron chi connectivity index (χ1n) is 9.64. The third-order valence-corrected chi connectivity index (χ3v) is 5.87. The van der Waals surface area contributed by atoms with Crippen molar-refractivity contribution in [3.8, 4) is 5.75 Å². The van der Waals surface area contributed by atoms with Crippen molar-refractivity contribution in [3.63, 3.8) is 0 Å². The first-order chi connectivity index (χ1) is 14.2. The summed E-state index contributed by atoms with van der Waals surface area (Å²) in [5.41, 5.74) is 0.748. The monoisotopic (exact) mass is 514 g/mol. The van der Waals surface area contributed by atoms with Crippen LogP contribution < -0.4 is 10.1 Å². The van der Waals surface area contributed by atoms with Crippen LogP contribution in [0.5, 0.6) is 5.75 Å². The van der Waals surface area contributed by atoms with Gasteiger partial charge >= 0.3 is 0 Å². The molecule has 0 aromatic heterocycles. The zero-order valence-corrected chi connectivity index (χ0v) is 20.2. The zero-order valence-electron chi connectivity index (χ0n) is 17.1. The minimum Gasteiger partial charge on any atom is -0.482 e. The lowest BCUT2D eigenvalue weighted by molar-refractivity contribution is -0.142. The molecule has 0 heterocycles. The molecule has 2 aromatic carbocycles. The van der Waals surface area contributed by atoms with E-state index in [2.05, 4.69) is 21.2 Å². The second-order valence-electron chi connectivity index (χ2n) is 6.97. The first kappa shape index (κ1) is 24.5. The van der Waals surface area contributed by atoms with Crippen molar-refractivity contribution < 1.29 is 14.3 Å². The molecule has 0 saturated carbocycles. The molecule has 5 nitrogen and oxygen atoms in total. The minimum absolute atomic E-state index is 0.00929. The molecular formula is C22H25BrCl2N2O3. The number of carbonyl (C=O) groups is 2. The molecule has 2 atom stereocenters. The number of nitrogens with one attached hydrogen (secondary N) is 1.